The Bertz CT molecular complexity index is 801. The molecule has 2 aliphatic carbocycles. The first-order valence-corrected chi connectivity index (χ1v) is 10.6. The van der Waals surface area contributed by atoms with Crippen LogP contribution < -0.4 is 11.1 Å². The molecule has 0 aliphatic heterocycles. The van der Waals surface area contributed by atoms with Crippen LogP contribution in [0, 0.1) is 11.3 Å². The fourth-order valence-corrected chi connectivity index (χ4v) is 4.63. The van der Waals surface area contributed by atoms with Crippen LogP contribution in [-0.4, -0.2) is 32.3 Å². The van der Waals surface area contributed by atoms with E-state index in [1.807, 2.05) is 28.9 Å². The molecule has 1 aromatic carbocycles. The quantitative estimate of drug-likeness (QED) is 0.827. The molecule has 1 aromatic heterocycles. The minimum Gasteiger partial charge on any atom is -0.326 e. The third-order valence-electron chi connectivity index (χ3n) is 6.27. The first kappa shape index (κ1) is 19.0. The first-order valence-electron chi connectivity index (χ1n) is 10.6. The van der Waals surface area contributed by atoms with Crippen LogP contribution in [0.15, 0.2) is 24.3 Å². The van der Waals surface area contributed by atoms with Gasteiger partial charge in [-0.2, -0.15) is 5.26 Å². The molecule has 2 aliphatic rings. The lowest BCUT2D eigenvalue weighted by Crippen LogP contribution is -2.49. The molecule has 0 amide bonds. The Morgan fingerprint density at radius 3 is 2.46 bits per heavy atom. The predicted molar refractivity (Wildman–Crippen MR) is 106 cm³/mol. The van der Waals surface area contributed by atoms with Crippen molar-refractivity contribution in [2.75, 3.05) is 0 Å². The Morgan fingerprint density at radius 2 is 1.75 bits per heavy atom. The van der Waals surface area contributed by atoms with Gasteiger partial charge in [0.2, 0.25) is 0 Å². The van der Waals surface area contributed by atoms with Gasteiger partial charge in [-0.05, 0) is 53.8 Å². The summed E-state index contributed by atoms with van der Waals surface area (Å²) < 4.78 is 2.03. The number of nitrogens with zero attached hydrogens (tertiary/aromatic N) is 5. The van der Waals surface area contributed by atoms with Gasteiger partial charge in [0.25, 0.3) is 0 Å². The summed E-state index contributed by atoms with van der Waals surface area (Å²) in [7, 11) is 0. The molecule has 3 N–H and O–H groups in total. The van der Waals surface area contributed by atoms with Gasteiger partial charge in [-0.1, -0.05) is 44.2 Å². The summed E-state index contributed by atoms with van der Waals surface area (Å²) in [6.45, 7) is 0. The zero-order valence-corrected chi connectivity index (χ0v) is 16.3. The Labute approximate surface area is 166 Å². The van der Waals surface area contributed by atoms with Crippen LogP contribution in [0.5, 0.6) is 0 Å². The third-order valence-corrected chi connectivity index (χ3v) is 6.27. The van der Waals surface area contributed by atoms with Crippen molar-refractivity contribution in [1.29, 1.82) is 5.26 Å². The summed E-state index contributed by atoms with van der Waals surface area (Å²) in [6, 6.07) is 10.5. The molecule has 0 saturated heterocycles. The molecule has 4 rings (SSSR count). The molecule has 7 heteroatoms. The SMILES string of the molecule is N#Cc1ccc(C(NC2CCCCC2N)c2nnnn2C2CCCCC2)cc1. The van der Waals surface area contributed by atoms with Crippen LogP contribution in [0.3, 0.4) is 0 Å². The van der Waals surface area contributed by atoms with Crippen molar-refractivity contribution in [3.63, 3.8) is 0 Å². The molecule has 7 nitrogen and oxygen atoms in total. The van der Waals surface area contributed by atoms with E-state index >= 15 is 0 Å². The molecule has 3 unspecified atom stereocenters. The fourth-order valence-electron chi connectivity index (χ4n) is 4.63. The fraction of sp³-hybridized carbons (Fsp3) is 0.619. The largest absolute Gasteiger partial charge is 0.326 e. The van der Waals surface area contributed by atoms with Gasteiger partial charge < -0.3 is 5.73 Å². The maximum atomic E-state index is 9.14. The minimum atomic E-state index is -0.126. The molecule has 2 aromatic rings. The Hall–Kier alpha value is -2.30. The highest BCUT2D eigenvalue weighted by Crippen LogP contribution is 2.31. The second-order valence-electron chi connectivity index (χ2n) is 8.16. The monoisotopic (exact) mass is 379 g/mol. The van der Waals surface area contributed by atoms with Crippen LogP contribution in [0.4, 0.5) is 0 Å². The number of aromatic nitrogens is 4. The molecule has 0 bridgehead atoms. The van der Waals surface area contributed by atoms with Crippen LogP contribution in [0.1, 0.15) is 86.8 Å². The van der Waals surface area contributed by atoms with Gasteiger partial charge >= 0.3 is 0 Å². The second-order valence-corrected chi connectivity index (χ2v) is 8.16. The molecule has 148 valence electrons. The van der Waals surface area contributed by atoms with E-state index in [4.69, 9.17) is 11.0 Å². The number of nitrogens with one attached hydrogen (secondary N) is 1. The maximum Gasteiger partial charge on any atom is 0.173 e. The van der Waals surface area contributed by atoms with Crippen LogP contribution in [0.2, 0.25) is 0 Å². The molecule has 2 saturated carbocycles. The highest BCUT2D eigenvalue weighted by Gasteiger charge is 2.30. The molecular formula is C21H29N7. The van der Waals surface area contributed by atoms with E-state index in [0.29, 0.717) is 11.6 Å². The number of benzene rings is 1. The van der Waals surface area contributed by atoms with Gasteiger partial charge in [-0.25, -0.2) is 4.68 Å². The normalized spacial score (nSPS) is 24.6. The Morgan fingerprint density at radius 1 is 1.04 bits per heavy atom. The van der Waals surface area contributed by atoms with Crippen molar-refractivity contribution >= 4 is 0 Å². The van der Waals surface area contributed by atoms with E-state index in [1.165, 1.54) is 32.1 Å². The molecular weight excluding hydrogens is 350 g/mol. The van der Waals surface area contributed by atoms with Crippen molar-refractivity contribution < 1.29 is 0 Å². The van der Waals surface area contributed by atoms with Crippen molar-refractivity contribution in [2.45, 2.75) is 82.0 Å². The Kier molecular flexibility index (Phi) is 5.98. The molecule has 28 heavy (non-hydrogen) atoms. The van der Waals surface area contributed by atoms with Gasteiger partial charge in [0.15, 0.2) is 5.82 Å². The lowest BCUT2D eigenvalue weighted by atomic mass is 9.89. The number of nitrogens with two attached hydrogens (primary N) is 1. The standard InChI is InChI=1S/C21H29N7/c22-14-15-10-12-16(13-11-15)20(24-19-9-5-4-8-18(19)23)21-25-26-27-28(21)17-6-2-1-3-7-17/h10-13,17-20,24H,1-9,23H2. The smallest absolute Gasteiger partial charge is 0.173 e. The van der Waals surface area contributed by atoms with Gasteiger partial charge in [-0.3, -0.25) is 5.32 Å². The first-order chi connectivity index (χ1) is 13.8. The van der Waals surface area contributed by atoms with Gasteiger partial charge in [0, 0.05) is 12.1 Å². The lowest BCUT2D eigenvalue weighted by molar-refractivity contribution is 0.286. The van der Waals surface area contributed by atoms with E-state index in [-0.39, 0.29) is 18.1 Å². The predicted octanol–water partition coefficient (Wildman–Crippen LogP) is 3.00. The summed E-state index contributed by atoms with van der Waals surface area (Å²) >= 11 is 0. The van der Waals surface area contributed by atoms with Crippen molar-refractivity contribution in [2.24, 2.45) is 5.73 Å². The zero-order chi connectivity index (χ0) is 19.3. The minimum absolute atomic E-state index is 0.126. The average molecular weight is 380 g/mol. The summed E-state index contributed by atoms with van der Waals surface area (Å²) in [5, 5.41) is 25.7. The van der Waals surface area contributed by atoms with Crippen LogP contribution in [0.25, 0.3) is 0 Å². The maximum absolute atomic E-state index is 9.14. The van der Waals surface area contributed by atoms with Crippen LogP contribution >= 0.6 is 0 Å². The number of nitriles is 1. The average Bonchev–Trinajstić information content (AvgIpc) is 3.23. The molecule has 0 radical (unpaired) electrons. The van der Waals surface area contributed by atoms with Gasteiger partial charge in [0.05, 0.1) is 23.7 Å². The molecule has 2 fully saturated rings. The van der Waals surface area contributed by atoms with Crippen molar-refractivity contribution in [3.8, 4) is 6.07 Å². The van der Waals surface area contributed by atoms with E-state index in [1.54, 1.807) is 0 Å². The van der Waals surface area contributed by atoms with E-state index in [2.05, 4.69) is 26.9 Å². The van der Waals surface area contributed by atoms with Crippen LogP contribution in [-0.2, 0) is 0 Å². The lowest BCUT2D eigenvalue weighted by Gasteiger charge is -2.33. The summed E-state index contributed by atoms with van der Waals surface area (Å²) in [5.41, 5.74) is 8.15. The number of hydrogen-bond donors (Lipinski definition) is 2. The van der Waals surface area contributed by atoms with Gasteiger partial charge in [0.1, 0.15) is 0 Å². The topological polar surface area (TPSA) is 105 Å². The molecule has 1 heterocycles. The second kappa shape index (κ2) is 8.80. The number of tetrazole rings is 1. The summed E-state index contributed by atoms with van der Waals surface area (Å²) in [4.78, 5) is 0. The zero-order valence-electron chi connectivity index (χ0n) is 16.3. The van der Waals surface area contributed by atoms with E-state index in [0.717, 1.165) is 37.1 Å². The summed E-state index contributed by atoms with van der Waals surface area (Å²) in [6.07, 6.45) is 10.5. The highest BCUT2D eigenvalue weighted by molar-refractivity contribution is 5.34. The number of rotatable bonds is 5. The molecule has 0 spiro atoms. The van der Waals surface area contributed by atoms with Gasteiger partial charge in [-0.15, -0.1) is 5.10 Å². The number of hydrogen-bond acceptors (Lipinski definition) is 6. The van der Waals surface area contributed by atoms with E-state index in [9.17, 15) is 0 Å². The van der Waals surface area contributed by atoms with Crippen molar-refractivity contribution in [1.82, 2.24) is 25.5 Å². The third kappa shape index (κ3) is 4.08. The highest BCUT2D eigenvalue weighted by atomic mass is 15.6. The van der Waals surface area contributed by atoms with E-state index < -0.39 is 0 Å². The van der Waals surface area contributed by atoms with Crippen molar-refractivity contribution in [3.05, 3.63) is 41.2 Å². The summed E-state index contributed by atoms with van der Waals surface area (Å²) in [5.74, 6) is 0.856. The molecule has 3 atom stereocenters. The Balaban J connectivity index is 1.66.